The van der Waals surface area contributed by atoms with Crippen LogP contribution in [-0.2, 0) is 14.2 Å². The summed E-state index contributed by atoms with van der Waals surface area (Å²) in [5, 5.41) is 55.6. The summed E-state index contributed by atoms with van der Waals surface area (Å²) >= 11 is 5.01. The molecule has 0 rings (SSSR count). The van der Waals surface area contributed by atoms with E-state index in [2.05, 4.69) is 0 Å². The van der Waals surface area contributed by atoms with Crippen molar-refractivity contribution >= 4 is 35.3 Å². The Morgan fingerprint density at radius 2 is 1.26 bits per heavy atom. The van der Waals surface area contributed by atoms with Gasteiger partial charge in [0.2, 0.25) is 0 Å². The Hall–Kier alpha value is 0.690. The van der Waals surface area contributed by atoms with Crippen LogP contribution in [0.5, 0.6) is 0 Å². The van der Waals surface area contributed by atoms with E-state index in [0.29, 0.717) is 12.2 Å². The molecule has 0 heterocycles. The third-order valence-corrected chi connectivity index (χ3v) is 7.76. The molecule has 0 radical (unpaired) electrons. The average molecular weight is 509 g/mol. The van der Waals surface area contributed by atoms with E-state index in [1.54, 1.807) is 42.2 Å². The Balaban J connectivity index is 3.92. The highest BCUT2D eigenvalue weighted by molar-refractivity contribution is 8.04. The molecule has 0 aliphatic carbocycles. The first-order valence-electron chi connectivity index (χ1n) is 10.4. The van der Waals surface area contributed by atoms with Gasteiger partial charge in [0, 0.05) is 28.8 Å². The van der Waals surface area contributed by atoms with Crippen LogP contribution in [0.2, 0.25) is 0 Å². The number of aliphatic hydroxyl groups is 6. The van der Waals surface area contributed by atoms with Crippen molar-refractivity contribution in [1.82, 2.24) is 0 Å². The van der Waals surface area contributed by atoms with Crippen LogP contribution in [0.15, 0.2) is 0 Å². The van der Waals surface area contributed by atoms with Crippen molar-refractivity contribution in [2.24, 2.45) is 0 Å². The zero-order valence-corrected chi connectivity index (χ0v) is 20.7. The average Bonchev–Trinajstić information content (AvgIpc) is 2.80. The molecule has 0 aliphatic heterocycles. The van der Waals surface area contributed by atoms with Gasteiger partial charge in [-0.1, -0.05) is 6.92 Å². The molecule has 9 nitrogen and oxygen atoms in total. The molecule has 0 spiro atoms. The molecule has 0 aromatic rings. The number of aliphatic hydroxyl groups excluding tert-OH is 6. The van der Waals surface area contributed by atoms with Crippen LogP contribution in [0.1, 0.15) is 13.3 Å². The predicted molar refractivity (Wildman–Crippen MR) is 127 cm³/mol. The Bertz CT molecular complexity index is 386. The van der Waals surface area contributed by atoms with E-state index in [4.69, 9.17) is 19.3 Å². The zero-order chi connectivity index (χ0) is 23.3. The molecular formula is C19H40O9S3. The quantitative estimate of drug-likeness (QED) is 0.0773. The van der Waals surface area contributed by atoms with Gasteiger partial charge in [-0.2, -0.15) is 35.3 Å². The molecule has 0 saturated heterocycles. The maximum absolute atomic E-state index is 9.54. The standard InChI is InChI=1S/C19H40O9S3/c1-2-19(25)28-12-17(9-22)26-11-16(8-21)27-13-18(10-23)31-6-5-29-3-4-30-14-15(24)7-20/h15-25H,2-14H2,1H3. The van der Waals surface area contributed by atoms with Gasteiger partial charge in [-0.3, -0.25) is 0 Å². The molecule has 0 fully saturated rings. The minimum absolute atomic E-state index is 0.0365. The Kier molecular flexibility index (Phi) is 23.0. The van der Waals surface area contributed by atoms with Crippen LogP contribution < -0.4 is 0 Å². The molecule has 0 bridgehead atoms. The van der Waals surface area contributed by atoms with Gasteiger partial charge in [-0.05, 0) is 6.42 Å². The highest BCUT2D eigenvalue weighted by Crippen LogP contribution is 2.16. The second-order valence-electron chi connectivity index (χ2n) is 6.67. The number of hydrogen-bond acceptors (Lipinski definition) is 12. The van der Waals surface area contributed by atoms with Crippen LogP contribution in [0, 0.1) is 0 Å². The maximum atomic E-state index is 9.54. The first kappa shape index (κ1) is 31.7. The topological polar surface area (TPSA) is 149 Å². The van der Waals surface area contributed by atoms with Gasteiger partial charge in [-0.15, -0.1) is 0 Å². The molecular weight excluding hydrogens is 468 g/mol. The lowest BCUT2D eigenvalue weighted by Gasteiger charge is -2.23. The van der Waals surface area contributed by atoms with Gasteiger partial charge in [0.25, 0.3) is 0 Å². The molecule has 0 amide bonds. The van der Waals surface area contributed by atoms with Crippen LogP contribution >= 0.6 is 35.3 Å². The summed E-state index contributed by atoms with van der Waals surface area (Å²) in [6.07, 6.45) is -2.32. The van der Waals surface area contributed by atoms with E-state index in [1.165, 1.54) is 0 Å². The molecule has 188 valence electrons. The van der Waals surface area contributed by atoms with Crippen molar-refractivity contribution in [1.29, 1.82) is 0 Å². The van der Waals surface area contributed by atoms with Crippen molar-refractivity contribution in [3.05, 3.63) is 0 Å². The van der Waals surface area contributed by atoms with Gasteiger partial charge in [0.05, 0.1) is 57.6 Å². The summed E-state index contributed by atoms with van der Waals surface area (Å²) in [6, 6.07) is 0. The summed E-state index contributed by atoms with van der Waals surface area (Å²) in [5.74, 6) is 4.19. The minimum Gasteiger partial charge on any atom is -0.395 e. The molecule has 6 N–H and O–H groups in total. The molecule has 5 atom stereocenters. The second-order valence-corrected chi connectivity index (χ2v) is 10.5. The van der Waals surface area contributed by atoms with Gasteiger partial charge in [0.1, 0.15) is 12.2 Å². The van der Waals surface area contributed by atoms with E-state index in [9.17, 15) is 25.5 Å². The third-order valence-electron chi connectivity index (χ3n) is 3.94. The number of ether oxygens (including phenoxy) is 3. The van der Waals surface area contributed by atoms with E-state index < -0.39 is 24.6 Å². The Morgan fingerprint density at radius 1 is 0.677 bits per heavy atom. The first-order valence-corrected chi connectivity index (χ1v) is 13.8. The van der Waals surface area contributed by atoms with E-state index in [0.717, 1.165) is 23.0 Å². The van der Waals surface area contributed by atoms with E-state index in [1.807, 2.05) is 0 Å². The van der Waals surface area contributed by atoms with Crippen LogP contribution in [-0.4, -0.2) is 136 Å². The highest BCUT2D eigenvalue weighted by atomic mass is 32.2. The van der Waals surface area contributed by atoms with Crippen LogP contribution in [0.4, 0.5) is 0 Å². The number of rotatable bonds is 23. The lowest BCUT2D eigenvalue weighted by atomic mass is 10.3. The van der Waals surface area contributed by atoms with E-state index in [-0.39, 0.29) is 51.5 Å². The van der Waals surface area contributed by atoms with Gasteiger partial charge < -0.3 is 44.8 Å². The van der Waals surface area contributed by atoms with Crippen LogP contribution in [0.25, 0.3) is 0 Å². The fourth-order valence-electron chi connectivity index (χ4n) is 2.05. The van der Waals surface area contributed by atoms with Gasteiger partial charge in [0.15, 0.2) is 6.29 Å². The minimum atomic E-state index is -0.902. The lowest BCUT2D eigenvalue weighted by molar-refractivity contribution is -0.148. The number of thioether (sulfide) groups is 3. The summed E-state index contributed by atoms with van der Waals surface area (Å²) in [6.45, 7) is 1.38. The smallest absolute Gasteiger partial charge is 0.154 e. The Morgan fingerprint density at radius 3 is 1.84 bits per heavy atom. The lowest BCUT2D eigenvalue weighted by Crippen LogP contribution is -2.34. The molecule has 12 heteroatoms. The largest absolute Gasteiger partial charge is 0.395 e. The summed E-state index contributed by atoms with van der Waals surface area (Å²) in [5.41, 5.74) is 0. The molecule has 5 unspecified atom stereocenters. The number of hydrogen-bond donors (Lipinski definition) is 6. The van der Waals surface area contributed by atoms with Crippen molar-refractivity contribution in [3.8, 4) is 0 Å². The van der Waals surface area contributed by atoms with Crippen LogP contribution in [0.3, 0.4) is 0 Å². The normalized spacial score (nSPS) is 16.7. The summed E-state index contributed by atoms with van der Waals surface area (Å²) < 4.78 is 16.3. The molecule has 0 aromatic heterocycles. The highest BCUT2D eigenvalue weighted by Gasteiger charge is 2.17. The zero-order valence-electron chi connectivity index (χ0n) is 18.2. The summed E-state index contributed by atoms with van der Waals surface area (Å²) in [4.78, 5) is 0. The molecule has 0 aromatic carbocycles. The monoisotopic (exact) mass is 508 g/mol. The van der Waals surface area contributed by atoms with Crippen molar-refractivity contribution in [2.75, 3.05) is 75.0 Å². The fourth-order valence-corrected chi connectivity index (χ4v) is 5.21. The van der Waals surface area contributed by atoms with Crippen molar-refractivity contribution in [3.63, 3.8) is 0 Å². The van der Waals surface area contributed by atoms with Crippen molar-refractivity contribution in [2.45, 2.75) is 43.2 Å². The fraction of sp³-hybridized carbons (Fsp3) is 1.00. The molecule has 0 aliphatic rings. The van der Waals surface area contributed by atoms with Gasteiger partial charge in [-0.25, -0.2) is 0 Å². The Labute approximate surface area is 198 Å². The second kappa shape index (κ2) is 22.5. The molecule has 0 saturated carbocycles. The maximum Gasteiger partial charge on any atom is 0.154 e. The first-order chi connectivity index (χ1) is 15.0. The summed E-state index contributed by atoms with van der Waals surface area (Å²) in [7, 11) is 0. The van der Waals surface area contributed by atoms with E-state index >= 15 is 0 Å². The van der Waals surface area contributed by atoms with Crippen molar-refractivity contribution < 1.29 is 44.8 Å². The SMILES string of the molecule is CCC(O)OCC(CO)OCC(CO)OCC(CO)SCCSCCSCC(O)CO. The van der Waals surface area contributed by atoms with Gasteiger partial charge >= 0.3 is 0 Å². The third kappa shape index (κ3) is 18.8. The molecule has 31 heavy (non-hydrogen) atoms. The predicted octanol–water partition coefficient (Wildman–Crippen LogP) is -0.600.